The molecule has 0 amide bonds. The van der Waals surface area contributed by atoms with Gasteiger partial charge in [0.15, 0.2) is 0 Å². The van der Waals surface area contributed by atoms with Gasteiger partial charge in [0.05, 0.1) is 6.61 Å². The number of nitrogens with zero attached hydrogens (tertiary/aromatic N) is 1. The zero-order valence-electron chi connectivity index (χ0n) is 12.7. The molecule has 108 valence electrons. The number of rotatable bonds is 6. The van der Waals surface area contributed by atoms with Gasteiger partial charge in [0.25, 0.3) is 0 Å². The Morgan fingerprint density at radius 3 is 2.67 bits per heavy atom. The summed E-state index contributed by atoms with van der Waals surface area (Å²) in [5.74, 6) is 0. The van der Waals surface area contributed by atoms with E-state index in [1.165, 1.54) is 32.2 Å². The molecular formula is C15H32N2O. The first kappa shape index (κ1) is 15.9. The van der Waals surface area contributed by atoms with Gasteiger partial charge >= 0.3 is 0 Å². The Balaban J connectivity index is 2.45. The van der Waals surface area contributed by atoms with Crippen LogP contribution in [0.25, 0.3) is 0 Å². The first-order valence-corrected chi connectivity index (χ1v) is 7.59. The molecule has 2 atom stereocenters. The lowest BCUT2D eigenvalue weighted by Gasteiger charge is -2.35. The average Bonchev–Trinajstić information content (AvgIpc) is 2.51. The Morgan fingerprint density at radius 2 is 2.06 bits per heavy atom. The molecule has 0 aromatic heterocycles. The van der Waals surface area contributed by atoms with E-state index in [1.807, 2.05) is 0 Å². The van der Waals surface area contributed by atoms with E-state index in [2.05, 4.69) is 37.9 Å². The van der Waals surface area contributed by atoms with E-state index < -0.39 is 0 Å². The first-order chi connectivity index (χ1) is 8.47. The van der Waals surface area contributed by atoms with E-state index in [0.29, 0.717) is 12.1 Å². The van der Waals surface area contributed by atoms with Crippen LogP contribution in [0.15, 0.2) is 0 Å². The molecule has 1 aliphatic heterocycles. The molecule has 3 heteroatoms. The highest BCUT2D eigenvalue weighted by Crippen LogP contribution is 2.19. The highest BCUT2D eigenvalue weighted by Gasteiger charge is 2.26. The van der Waals surface area contributed by atoms with Crippen LogP contribution < -0.4 is 5.32 Å². The molecule has 0 spiro atoms. The molecule has 0 aliphatic carbocycles. The second-order valence-electron chi connectivity index (χ2n) is 6.50. The van der Waals surface area contributed by atoms with E-state index in [1.54, 1.807) is 0 Å². The van der Waals surface area contributed by atoms with Gasteiger partial charge < -0.3 is 15.3 Å². The molecule has 1 fully saturated rings. The minimum Gasteiger partial charge on any atom is -0.394 e. The van der Waals surface area contributed by atoms with Crippen LogP contribution in [0.5, 0.6) is 0 Å². The van der Waals surface area contributed by atoms with Crippen molar-refractivity contribution in [1.29, 1.82) is 0 Å². The van der Waals surface area contributed by atoms with Crippen molar-refractivity contribution >= 4 is 0 Å². The number of hydrogen-bond donors (Lipinski definition) is 2. The fourth-order valence-electron chi connectivity index (χ4n) is 2.95. The van der Waals surface area contributed by atoms with Crippen LogP contribution in [0, 0.1) is 0 Å². The van der Waals surface area contributed by atoms with Crippen LogP contribution in [0.1, 0.15) is 59.8 Å². The summed E-state index contributed by atoms with van der Waals surface area (Å²) in [4.78, 5) is 2.60. The van der Waals surface area contributed by atoms with Crippen molar-refractivity contribution in [2.24, 2.45) is 0 Å². The van der Waals surface area contributed by atoms with Crippen LogP contribution in [-0.2, 0) is 0 Å². The van der Waals surface area contributed by atoms with Crippen LogP contribution in [0.4, 0.5) is 0 Å². The van der Waals surface area contributed by atoms with Gasteiger partial charge in [-0.25, -0.2) is 0 Å². The van der Waals surface area contributed by atoms with Crippen molar-refractivity contribution in [2.75, 3.05) is 19.7 Å². The monoisotopic (exact) mass is 256 g/mol. The number of nitrogens with one attached hydrogen (secondary N) is 1. The third kappa shape index (κ3) is 5.25. The Morgan fingerprint density at radius 1 is 1.33 bits per heavy atom. The van der Waals surface area contributed by atoms with Crippen LogP contribution in [-0.4, -0.2) is 47.3 Å². The topological polar surface area (TPSA) is 35.5 Å². The summed E-state index contributed by atoms with van der Waals surface area (Å²) < 4.78 is 0. The molecule has 18 heavy (non-hydrogen) atoms. The smallest absolute Gasteiger partial charge is 0.0611 e. The highest BCUT2D eigenvalue weighted by atomic mass is 16.3. The molecule has 0 saturated carbocycles. The summed E-state index contributed by atoms with van der Waals surface area (Å²) in [6, 6.07) is 1.12. The summed E-state index contributed by atoms with van der Waals surface area (Å²) in [5.41, 5.74) is -0.139. The predicted molar refractivity (Wildman–Crippen MR) is 77.9 cm³/mol. The SMILES string of the molecule is CC(C)NC(C)(CO)CCN1CCCCCC1C. The van der Waals surface area contributed by atoms with E-state index in [9.17, 15) is 5.11 Å². The summed E-state index contributed by atoms with van der Waals surface area (Å²) in [6.45, 7) is 11.3. The molecular weight excluding hydrogens is 224 g/mol. The van der Waals surface area contributed by atoms with E-state index >= 15 is 0 Å². The van der Waals surface area contributed by atoms with Crippen molar-refractivity contribution in [1.82, 2.24) is 10.2 Å². The van der Waals surface area contributed by atoms with Gasteiger partial charge in [-0.15, -0.1) is 0 Å². The van der Waals surface area contributed by atoms with Crippen molar-refractivity contribution in [3.05, 3.63) is 0 Å². The summed E-state index contributed by atoms with van der Waals surface area (Å²) >= 11 is 0. The molecule has 0 radical (unpaired) electrons. The van der Waals surface area contributed by atoms with Gasteiger partial charge in [0, 0.05) is 24.2 Å². The van der Waals surface area contributed by atoms with Crippen molar-refractivity contribution in [3.63, 3.8) is 0 Å². The summed E-state index contributed by atoms with van der Waals surface area (Å²) in [6.07, 6.45) is 6.43. The summed E-state index contributed by atoms with van der Waals surface area (Å²) in [7, 11) is 0. The van der Waals surface area contributed by atoms with Crippen molar-refractivity contribution < 1.29 is 5.11 Å². The van der Waals surface area contributed by atoms with Crippen molar-refractivity contribution in [3.8, 4) is 0 Å². The first-order valence-electron chi connectivity index (χ1n) is 7.59. The molecule has 1 heterocycles. The molecule has 2 unspecified atom stereocenters. The lowest BCUT2D eigenvalue weighted by Crippen LogP contribution is -2.51. The molecule has 1 saturated heterocycles. The quantitative estimate of drug-likeness (QED) is 0.766. The predicted octanol–water partition coefficient (Wildman–Crippen LogP) is 2.39. The number of aliphatic hydroxyl groups is 1. The minimum absolute atomic E-state index is 0.139. The van der Waals surface area contributed by atoms with Gasteiger partial charge in [-0.05, 0) is 39.7 Å². The van der Waals surface area contributed by atoms with Gasteiger partial charge in [-0.2, -0.15) is 0 Å². The third-order valence-electron chi connectivity index (χ3n) is 4.13. The number of aliphatic hydroxyl groups excluding tert-OH is 1. The Bertz CT molecular complexity index is 233. The average molecular weight is 256 g/mol. The lowest BCUT2D eigenvalue weighted by molar-refractivity contribution is 0.126. The zero-order valence-corrected chi connectivity index (χ0v) is 12.7. The van der Waals surface area contributed by atoms with Gasteiger partial charge in [0.2, 0.25) is 0 Å². The minimum atomic E-state index is -0.139. The Labute approximate surface area is 113 Å². The molecule has 3 nitrogen and oxygen atoms in total. The lowest BCUT2D eigenvalue weighted by atomic mass is 9.97. The molecule has 0 bridgehead atoms. The second kappa shape index (κ2) is 7.46. The Kier molecular flexibility index (Phi) is 6.61. The van der Waals surface area contributed by atoms with Crippen LogP contribution in [0.3, 0.4) is 0 Å². The van der Waals surface area contributed by atoms with E-state index in [4.69, 9.17) is 0 Å². The molecule has 2 N–H and O–H groups in total. The number of hydrogen-bond acceptors (Lipinski definition) is 3. The maximum atomic E-state index is 9.60. The normalized spacial score (nSPS) is 26.0. The standard InChI is InChI=1S/C15H32N2O/c1-13(2)16-15(4,12-18)9-11-17-10-7-5-6-8-14(17)3/h13-14,16,18H,5-12H2,1-4H3. The second-order valence-corrected chi connectivity index (χ2v) is 6.50. The zero-order chi connectivity index (χ0) is 13.6. The molecule has 1 aliphatic rings. The number of likely N-dealkylation sites (tertiary alicyclic amines) is 1. The maximum absolute atomic E-state index is 9.60. The molecule has 0 aromatic carbocycles. The van der Waals surface area contributed by atoms with Crippen LogP contribution in [0.2, 0.25) is 0 Å². The van der Waals surface area contributed by atoms with Crippen LogP contribution >= 0.6 is 0 Å². The largest absolute Gasteiger partial charge is 0.394 e. The van der Waals surface area contributed by atoms with Gasteiger partial charge in [-0.3, -0.25) is 0 Å². The third-order valence-corrected chi connectivity index (χ3v) is 4.13. The molecule has 0 aromatic rings. The molecule has 1 rings (SSSR count). The summed E-state index contributed by atoms with van der Waals surface area (Å²) in [5, 5.41) is 13.1. The van der Waals surface area contributed by atoms with Gasteiger partial charge in [0.1, 0.15) is 0 Å². The van der Waals surface area contributed by atoms with Gasteiger partial charge in [-0.1, -0.05) is 26.7 Å². The Hall–Kier alpha value is -0.120. The van der Waals surface area contributed by atoms with Crippen molar-refractivity contribution in [2.45, 2.75) is 77.4 Å². The fourth-order valence-corrected chi connectivity index (χ4v) is 2.95. The maximum Gasteiger partial charge on any atom is 0.0611 e. The fraction of sp³-hybridized carbons (Fsp3) is 1.00. The van der Waals surface area contributed by atoms with E-state index in [-0.39, 0.29) is 12.1 Å². The van der Waals surface area contributed by atoms with E-state index in [0.717, 1.165) is 13.0 Å². The highest BCUT2D eigenvalue weighted by molar-refractivity contribution is 4.86.